The Kier molecular flexibility index (Phi) is 40.0. The summed E-state index contributed by atoms with van der Waals surface area (Å²) >= 11 is 8.63. The van der Waals surface area contributed by atoms with E-state index in [9.17, 15) is 24.0 Å². The van der Waals surface area contributed by atoms with Gasteiger partial charge < -0.3 is 33.6 Å². The molecule has 0 rings (SSSR count). The van der Waals surface area contributed by atoms with E-state index in [0.29, 0.717) is 12.8 Å². The van der Waals surface area contributed by atoms with Gasteiger partial charge in [-0.2, -0.15) is 25.3 Å². The highest BCUT2D eigenvalue weighted by molar-refractivity contribution is 7.80. The average Bonchev–Trinajstić information content (AvgIpc) is 3.27. The quantitative estimate of drug-likeness (QED) is 0.0127. The van der Waals surface area contributed by atoms with E-state index in [1.807, 2.05) is 0 Å². The van der Waals surface area contributed by atoms with E-state index < -0.39 is 66.1 Å². The number of primary amides is 1. The van der Waals surface area contributed by atoms with Gasteiger partial charge in [0.25, 0.3) is 0 Å². The summed E-state index contributed by atoms with van der Waals surface area (Å²) in [7, 11) is 0. The third-order valence-electron chi connectivity index (χ3n) is 12.2. The van der Waals surface area contributed by atoms with Gasteiger partial charge in [0.2, 0.25) is 17.7 Å². The summed E-state index contributed by atoms with van der Waals surface area (Å²) in [5, 5.41) is 5.52. The number of nitrogens with two attached hydrogens (primary N) is 4. The smallest absolute Gasteiger partial charge is 0.232 e. The van der Waals surface area contributed by atoms with Crippen molar-refractivity contribution in [2.45, 2.75) is 244 Å². The van der Waals surface area contributed by atoms with Gasteiger partial charge in [-0.05, 0) is 71.1 Å². The van der Waals surface area contributed by atoms with Crippen LogP contribution in [0.4, 0.5) is 0 Å². The van der Waals surface area contributed by atoms with Gasteiger partial charge in [-0.3, -0.25) is 29.0 Å². The number of carbonyl (C=O) groups is 5. The number of thiol groups is 2. The van der Waals surface area contributed by atoms with Crippen molar-refractivity contribution < 1.29 is 24.0 Å². The molecule has 5 atom stereocenters. The van der Waals surface area contributed by atoms with Crippen LogP contribution in [0.5, 0.6) is 0 Å². The Bertz CT molecular complexity index is 1280. The van der Waals surface area contributed by atoms with Gasteiger partial charge in [-0.15, -0.1) is 0 Å². The summed E-state index contributed by atoms with van der Waals surface area (Å²) < 4.78 is 0. The number of amides is 3. The van der Waals surface area contributed by atoms with Gasteiger partial charge in [0.05, 0.1) is 18.2 Å². The standard InChI is InChI=1S/C51H95N7O5S2/c1-4-6-8-10-12-14-16-18-20-22-24-26-28-30-32-34-48(61)57-42(38-64)44(59)36-46(53)51(50(55)63,40-56-41(3)52)47(54)37-45(60)43(39-65)58-49(62)35-33-31-29-27-25-23-21-19-17-15-13-11-9-7-5-2/h18-21,40-43,46-47,64-65H,4-17,22-39,52-54H2,1-3H3,(H2,55,63)(H,57,61)(H,58,62)/b20-18-,21-19-,56-40?/t41?,42-,43-,46?,47?,51?/m0/s1. The molecule has 0 aromatic rings. The first-order chi connectivity index (χ1) is 31.3. The van der Waals surface area contributed by atoms with Crippen LogP contribution >= 0.6 is 25.3 Å². The fourth-order valence-electron chi connectivity index (χ4n) is 7.89. The van der Waals surface area contributed by atoms with Crippen molar-refractivity contribution in [1.82, 2.24) is 10.6 Å². The second-order valence-corrected chi connectivity index (χ2v) is 18.9. The van der Waals surface area contributed by atoms with Gasteiger partial charge >= 0.3 is 0 Å². The molecule has 0 spiro atoms. The minimum Gasteiger partial charge on any atom is -0.369 e. The predicted octanol–water partition coefficient (Wildman–Crippen LogP) is 9.31. The van der Waals surface area contributed by atoms with Crippen molar-refractivity contribution in [3.63, 3.8) is 0 Å². The van der Waals surface area contributed by atoms with Crippen LogP contribution in [0.3, 0.4) is 0 Å². The summed E-state index contributed by atoms with van der Waals surface area (Å²) in [4.78, 5) is 70.3. The zero-order valence-electron chi connectivity index (χ0n) is 41.1. The molecule has 12 nitrogen and oxygen atoms in total. The van der Waals surface area contributed by atoms with Crippen molar-refractivity contribution in [3.05, 3.63) is 24.3 Å². The molecule has 0 bridgehead atoms. The van der Waals surface area contributed by atoms with Crippen LogP contribution in [-0.2, 0) is 24.0 Å². The lowest BCUT2D eigenvalue weighted by Crippen LogP contribution is -2.63. The molecule has 0 aliphatic rings. The molecule has 376 valence electrons. The Morgan fingerprint density at radius 2 is 0.831 bits per heavy atom. The number of hydrogen-bond donors (Lipinski definition) is 8. The topological polar surface area (TPSA) is 226 Å². The molecule has 0 aromatic carbocycles. The van der Waals surface area contributed by atoms with Crippen molar-refractivity contribution in [1.29, 1.82) is 0 Å². The van der Waals surface area contributed by atoms with Crippen LogP contribution in [0.25, 0.3) is 0 Å². The monoisotopic (exact) mass is 950 g/mol. The summed E-state index contributed by atoms with van der Waals surface area (Å²) in [6.45, 7) is 6.05. The number of nitrogens with zero attached hydrogens (tertiary/aromatic N) is 1. The number of allylic oxidation sites excluding steroid dienone is 4. The second kappa shape index (κ2) is 41.7. The number of hydrogen-bond acceptors (Lipinski definition) is 11. The van der Waals surface area contributed by atoms with E-state index in [1.165, 1.54) is 77.0 Å². The minimum atomic E-state index is -1.97. The number of carbonyl (C=O) groups excluding carboxylic acids is 5. The Hall–Kier alpha value is -2.52. The zero-order chi connectivity index (χ0) is 48.6. The highest BCUT2D eigenvalue weighted by atomic mass is 32.1. The molecule has 0 aliphatic carbocycles. The van der Waals surface area contributed by atoms with Crippen molar-refractivity contribution in [3.8, 4) is 0 Å². The van der Waals surface area contributed by atoms with Crippen molar-refractivity contribution in [2.75, 3.05) is 11.5 Å². The van der Waals surface area contributed by atoms with Crippen molar-refractivity contribution >= 4 is 60.8 Å². The van der Waals surface area contributed by atoms with Crippen LogP contribution in [0.1, 0.15) is 213 Å². The molecule has 0 fully saturated rings. The molecule has 0 radical (unpaired) electrons. The molecule has 3 amide bonds. The van der Waals surface area contributed by atoms with Crippen LogP contribution < -0.4 is 33.6 Å². The van der Waals surface area contributed by atoms with E-state index in [4.69, 9.17) is 22.9 Å². The number of nitrogens with one attached hydrogen (secondary N) is 2. The number of ketones is 2. The molecule has 14 heteroatoms. The van der Waals surface area contributed by atoms with Gasteiger partial charge in [0.1, 0.15) is 5.41 Å². The molecule has 0 saturated carbocycles. The van der Waals surface area contributed by atoms with Gasteiger partial charge in [0, 0.05) is 55.5 Å². The normalized spacial score (nSPS) is 15.2. The predicted molar refractivity (Wildman–Crippen MR) is 279 cm³/mol. The summed E-state index contributed by atoms with van der Waals surface area (Å²) in [5.41, 5.74) is 23.1. The summed E-state index contributed by atoms with van der Waals surface area (Å²) in [6, 6.07) is -4.60. The number of aliphatic imine (C=N–C) groups is 1. The largest absolute Gasteiger partial charge is 0.369 e. The fourth-order valence-corrected chi connectivity index (χ4v) is 8.48. The van der Waals surface area contributed by atoms with Crippen LogP contribution in [0.2, 0.25) is 0 Å². The lowest BCUT2D eigenvalue weighted by atomic mass is 9.70. The maximum absolute atomic E-state index is 13.6. The summed E-state index contributed by atoms with van der Waals surface area (Å²) in [6.07, 6.45) is 39.2. The molecule has 65 heavy (non-hydrogen) atoms. The molecular formula is C51H95N7O5S2. The first-order valence-electron chi connectivity index (χ1n) is 25.6. The second-order valence-electron chi connectivity index (χ2n) is 18.1. The first-order valence-corrected chi connectivity index (χ1v) is 26.8. The maximum atomic E-state index is 13.6. The Labute approximate surface area is 406 Å². The van der Waals surface area contributed by atoms with Crippen LogP contribution in [-0.4, -0.2) is 77.3 Å². The molecule has 0 aromatic heterocycles. The number of unbranched alkanes of at least 4 members (excludes halogenated alkanes) is 22. The van der Waals surface area contributed by atoms with E-state index in [-0.39, 0.29) is 36.2 Å². The van der Waals surface area contributed by atoms with E-state index in [2.05, 4.69) is 79.0 Å². The number of rotatable bonds is 45. The van der Waals surface area contributed by atoms with Crippen LogP contribution in [0, 0.1) is 5.41 Å². The van der Waals surface area contributed by atoms with Gasteiger partial charge in [-0.1, -0.05) is 141 Å². The van der Waals surface area contributed by atoms with Gasteiger partial charge in [0.15, 0.2) is 11.6 Å². The van der Waals surface area contributed by atoms with Gasteiger partial charge in [-0.25, -0.2) is 0 Å². The van der Waals surface area contributed by atoms with E-state index >= 15 is 0 Å². The molecule has 0 aliphatic heterocycles. The molecule has 3 unspecified atom stereocenters. The average molecular weight is 950 g/mol. The lowest BCUT2D eigenvalue weighted by Gasteiger charge is -2.38. The molecular weight excluding hydrogens is 855 g/mol. The third kappa shape index (κ3) is 31.2. The number of Topliss-reactive ketones (excluding diaryl/α,β-unsaturated/α-hetero) is 2. The molecule has 0 heterocycles. The van der Waals surface area contributed by atoms with E-state index in [1.54, 1.807) is 6.92 Å². The third-order valence-corrected chi connectivity index (χ3v) is 12.9. The highest BCUT2D eigenvalue weighted by Gasteiger charge is 2.49. The lowest BCUT2D eigenvalue weighted by molar-refractivity contribution is -0.131. The fraction of sp³-hybridized carbons (Fsp3) is 0.804. The molecule has 0 saturated heterocycles. The molecule has 10 N–H and O–H groups in total. The Morgan fingerprint density at radius 1 is 0.523 bits per heavy atom. The first kappa shape index (κ1) is 62.5. The Morgan fingerprint density at radius 3 is 1.12 bits per heavy atom. The Balaban J connectivity index is 5.01. The van der Waals surface area contributed by atoms with E-state index in [0.717, 1.165) is 83.3 Å². The maximum Gasteiger partial charge on any atom is 0.232 e. The highest BCUT2D eigenvalue weighted by Crippen LogP contribution is 2.28. The zero-order valence-corrected chi connectivity index (χ0v) is 42.9. The van der Waals surface area contributed by atoms with Crippen molar-refractivity contribution in [2.24, 2.45) is 33.3 Å². The minimum absolute atomic E-state index is 0.00598. The summed E-state index contributed by atoms with van der Waals surface area (Å²) in [5.74, 6) is -2.48. The SMILES string of the molecule is CCCCCCCC/C=C\CCCCCCCC(=O)N[C@@H](CS)C(=O)CC(N)C(C=NC(C)N)(C(N)=O)C(N)CC(=O)[C@H](CS)NC(=O)CCCCCCC/C=C\CCCCCCCC. The van der Waals surface area contributed by atoms with Crippen LogP contribution in [0.15, 0.2) is 29.3 Å².